The molecule has 0 atom stereocenters. The molecule has 8 heteroatoms. The molecule has 4 aromatic rings. The number of hydrogen-bond acceptors (Lipinski definition) is 5. The summed E-state index contributed by atoms with van der Waals surface area (Å²) in [5, 5.41) is 11.1. The molecule has 0 aliphatic carbocycles. The summed E-state index contributed by atoms with van der Waals surface area (Å²) < 4.78 is 1.89. The zero-order valence-electron chi connectivity index (χ0n) is 16.3. The third-order valence-electron chi connectivity index (χ3n) is 4.38. The van der Waals surface area contributed by atoms with Crippen molar-refractivity contribution >= 4 is 34.3 Å². The monoisotopic (exact) mass is 407 g/mol. The van der Waals surface area contributed by atoms with Crippen LogP contribution in [0, 0.1) is 6.92 Å². The molecule has 0 unspecified atom stereocenters. The molecule has 0 aliphatic rings. The first-order valence-electron chi connectivity index (χ1n) is 9.38. The molecule has 0 spiro atoms. The van der Waals surface area contributed by atoms with Gasteiger partial charge in [-0.2, -0.15) is 5.10 Å². The molecule has 4 rings (SSSR count). The Hall–Kier alpha value is -3.39. The number of benzene rings is 1. The molecule has 0 fully saturated rings. The van der Waals surface area contributed by atoms with E-state index in [1.165, 1.54) is 11.1 Å². The lowest BCUT2D eigenvalue weighted by Crippen LogP contribution is -2.28. The zero-order chi connectivity index (χ0) is 20.2. The maximum absolute atomic E-state index is 5.21. The molecule has 7 nitrogen and oxygen atoms in total. The van der Waals surface area contributed by atoms with Gasteiger partial charge in [0, 0.05) is 21.2 Å². The number of hydrogen-bond donors (Lipinski definition) is 2. The second-order valence-corrected chi connectivity index (χ2v) is 7.10. The number of fused-ring (bicyclic) bond motifs is 1. The quantitative estimate of drug-likeness (QED) is 0.483. The lowest BCUT2D eigenvalue weighted by atomic mass is 10.1. The Morgan fingerprint density at radius 2 is 1.93 bits per heavy atom. The molecule has 0 saturated carbocycles. The fourth-order valence-electron chi connectivity index (χ4n) is 2.89. The van der Waals surface area contributed by atoms with E-state index in [1.54, 1.807) is 12.4 Å². The summed E-state index contributed by atoms with van der Waals surface area (Å²) in [5.41, 5.74) is 5.35. The number of nitrogens with one attached hydrogen (secondary N) is 2. The molecule has 3 aromatic heterocycles. The van der Waals surface area contributed by atoms with Gasteiger partial charge >= 0.3 is 0 Å². The Kier molecular flexibility index (Phi) is 5.44. The minimum Gasteiger partial charge on any atom is -0.363 e. The highest BCUT2D eigenvalue weighted by Crippen LogP contribution is 2.19. The van der Waals surface area contributed by atoms with Crippen LogP contribution in [0.2, 0.25) is 0 Å². The lowest BCUT2D eigenvalue weighted by Gasteiger charge is -2.08. The predicted molar refractivity (Wildman–Crippen MR) is 123 cm³/mol. The Labute approximate surface area is 177 Å². The van der Waals surface area contributed by atoms with Crippen molar-refractivity contribution in [3.63, 3.8) is 0 Å². The van der Waals surface area contributed by atoms with Gasteiger partial charge in [0.2, 0.25) is 0 Å². The van der Waals surface area contributed by atoms with Gasteiger partial charge in [0.25, 0.3) is 0 Å². The highest BCUT2D eigenvalue weighted by atomic mass is 32.1. The fourth-order valence-corrected chi connectivity index (χ4v) is 3.14. The van der Waals surface area contributed by atoms with Crippen LogP contribution in [0.25, 0.3) is 22.4 Å². The van der Waals surface area contributed by atoms with E-state index in [1.807, 2.05) is 29.9 Å². The summed E-state index contributed by atoms with van der Waals surface area (Å²) in [6, 6.07) is 12.1. The number of aromatic nitrogens is 5. The van der Waals surface area contributed by atoms with Crippen molar-refractivity contribution in [3.8, 4) is 11.3 Å². The number of anilines is 1. The molecule has 0 saturated heterocycles. The average Bonchev–Trinajstić information content (AvgIpc) is 3.18. The van der Waals surface area contributed by atoms with E-state index in [2.05, 4.69) is 61.9 Å². The molecule has 0 bridgehead atoms. The normalized spacial score (nSPS) is 10.8. The SMILES string of the molecule is CCNC(=S)Nc1ccc2ncc(-c3cnn(Cc4ccc(C)cc4)c3)nc2n1.[HH].[HH]. The first kappa shape index (κ1) is 18.9. The summed E-state index contributed by atoms with van der Waals surface area (Å²) in [7, 11) is 0. The van der Waals surface area contributed by atoms with Crippen LogP contribution < -0.4 is 10.6 Å². The van der Waals surface area contributed by atoms with Gasteiger partial charge in [0.1, 0.15) is 11.3 Å². The topological polar surface area (TPSA) is 80.5 Å². The lowest BCUT2D eigenvalue weighted by molar-refractivity contribution is 0.687. The van der Waals surface area contributed by atoms with Gasteiger partial charge < -0.3 is 10.6 Å². The summed E-state index contributed by atoms with van der Waals surface area (Å²) in [6.45, 7) is 5.51. The van der Waals surface area contributed by atoms with Gasteiger partial charge in [-0.25, -0.2) is 9.97 Å². The predicted octanol–water partition coefficient (Wildman–Crippen LogP) is 4.04. The Morgan fingerprint density at radius 1 is 1.10 bits per heavy atom. The van der Waals surface area contributed by atoms with Crippen molar-refractivity contribution in [3.05, 3.63) is 66.1 Å². The first-order chi connectivity index (χ1) is 14.1. The molecule has 2 N–H and O–H groups in total. The van der Waals surface area contributed by atoms with Crippen molar-refractivity contribution in [2.75, 3.05) is 11.9 Å². The second-order valence-electron chi connectivity index (χ2n) is 6.69. The number of aryl methyl sites for hydroxylation is 1. The molecule has 1 aromatic carbocycles. The number of nitrogens with zero attached hydrogens (tertiary/aromatic N) is 5. The van der Waals surface area contributed by atoms with E-state index < -0.39 is 0 Å². The minimum absolute atomic E-state index is 0. The van der Waals surface area contributed by atoms with Crippen LogP contribution >= 0.6 is 12.2 Å². The van der Waals surface area contributed by atoms with Gasteiger partial charge in [-0.3, -0.25) is 9.67 Å². The van der Waals surface area contributed by atoms with Gasteiger partial charge in [-0.1, -0.05) is 29.8 Å². The molecule has 29 heavy (non-hydrogen) atoms. The van der Waals surface area contributed by atoms with Crippen LogP contribution in [0.5, 0.6) is 0 Å². The van der Waals surface area contributed by atoms with Crippen LogP contribution in [0.1, 0.15) is 20.9 Å². The maximum atomic E-state index is 5.21. The van der Waals surface area contributed by atoms with Crippen LogP contribution in [0.3, 0.4) is 0 Å². The number of thiocarbonyl (C=S) groups is 1. The average molecular weight is 408 g/mol. The highest BCUT2D eigenvalue weighted by molar-refractivity contribution is 7.80. The first-order valence-corrected chi connectivity index (χ1v) is 9.78. The van der Waals surface area contributed by atoms with Gasteiger partial charge in [-0.05, 0) is 43.8 Å². The summed E-state index contributed by atoms with van der Waals surface area (Å²) in [4.78, 5) is 13.7. The highest BCUT2D eigenvalue weighted by Gasteiger charge is 2.08. The Morgan fingerprint density at radius 3 is 2.72 bits per heavy atom. The van der Waals surface area contributed by atoms with Crippen LogP contribution in [-0.2, 0) is 6.54 Å². The van der Waals surface area contributed by atoms with Crippen molar-refractivity contribution in [1.82, 2.24) is 30.0 Å². The molecule has 3 heterocycles. The van der Waals surface area contributed by atoms with E-state index in [-0.39, 0.29) is 2.85 Å². The van der Waals surface area contributed by atoms with Crippen LogP contribution in [-0.4, -0.2) is 36.4 Å². The molecular formula is C21H25N7S. The van der Waals surface area contributed by atoms with Crippen molar-refractivity contribution in [2.45, 2.75) is 20.4 Å². The molecule has 150 valence electrons. The number of pyridine rings is 1. The van der Waals surface area contributed by atoms with E-state index in [9.17, 15) is 0 Å². The Bertz CT molecular complexity index is 1160. The molecule has 0 aliphatic heterocycles. The third-order valence-corrected chi connectivity index (χ3v) is 4.63. The molecular weight excluding hydrogens is 382 g/mol. The molecule has 0 amide bonds. The summed E-state index contributed by atoms with van der Waals surface area (Å²) in [5.74, 6) is 0.630. The largest absolute Gasteiger partial charge is 0.363 e. The smallest absolute Gasteiger partial charge is 0.180 e. The van der Waals surface area contributed by atoms with Crippen molar-refractivity contribution < 1.29 is 2.85 Å². The van der Waals surface area contributed by atoms with Crippen molar-refractivity contribution in [2.24, 2.45) is 0 Å². The Balaban J connectivity index is 0.00000171. The fraction of sp³-hybridized carbons (Fsp3) is 0.190. The summed E-state index contributed by atoms with van der Waals surface area (Å²) in [6.07, 6.45) is 5.51. The standard InChI is InChI=1S/C21H21N7S.2H2/c1-3-22-21(29)27-19-9-8-17-20(26-19)25-18(11-23-17)16-10-24-28(13-16)12-15-6-4-14(2)5-7-15;;/h4-11,13H,3,12H2,1-2H3,(H2,22,25,26,27,29);2*1H. The van der Waals surface area contributed by atoms with Crippen molar-refractivity contribution in [1.29, 1.82) is 0 Å². The van der Waals surface area contributed by atoms with Crippen LogP contribution in [0.15, 0.2) is 55.0 Å². The molecule has 0 radical (unpaired) electrons. The van der Waals surface area contributed by atoms with E-state index in [0.717, 1.165) is 23.3 Å². The van der Waals surface area contributed by atoms with E-state index in [0.29, 0.717) is 23.1 Å². The minimum atomic E-state index is 0. The van der Waals surface area contributed by atoms with E-state index in [4.69, 9.17) is 12.2 Å². The maximum Gasteiger partial charge on any atom is 0.180 e. The second kappa shape index (κ2) is 8.32. The van der Waals surface area contributed by atoms with Gasteiger partial charge in [0.15, 0.2) is 10.8 Å². The van der Waals surface area contributed by atoms with E-state index >= 15 is 0 Å². The van der Waals surface area contributed by atoms with Gasteiger partial charge in [-0.15, -0.1) is 0 Å². The van der Waals surface area contributed by atoms with Gasteiger partial charge in [0.05, 0.1) is 24.6 Å². The zero-order valence-corrected chi connectivity index (χ0v) is 17.1. The third kappa shape index (κ3) is 4.55. The van der Waals surface area contributed by atoms with Crippen LogP contribution in [0.4, 0.5) is 5.82 Å². The number of rotatable bonds is 5. The summed E-state index contributed by atoms with van der Waals surface area (Å²) >= 11 is 5.21.